The fraction of sp³-hybridized carbons (Fsp3) is 0.909. The lowest BCUT2D eigenvalue weighted by molar-refractivity contribution is -0.0828. The molecule has 0 aliphatic carbocycles. The Bertz CT molecular complexity index is 240. The van der Waals surface area contributed by atoms with Crippen LogP contribution in [0.5, 0.6) is 0 Å². The number of rotatable bonds is 6. The van der Waals surface area contributed by atoms with E-state index in [0.29, 0.717) is 25.7 Å². The van der Waals surface area contributed by atoms with E-state index in [4.69, 9.17) is 19.9 Å². The molecule has 100 valence electrons. The van der Waals surface area contributed by atoms with Crippen molar-refractivity contribution in [3.05, 3.63) is 0 Å². The van der Waals surface area contributed by atoms with Crippen molar-refractivity contribution >= 4 is 5.96 Å². The first kappa shape index (κ1) is 14.2. The molecule has 1 aliphatic heterocycles. The van der Waals surface area contributed by atoms with Gasteiger partial charge in [0.25, 0.3) is 0 Å². The minimum Gasteiger partial charge on any atom is -0.383 e. The summed E-state index contributed by atoms with van der Waals surface area (Å²) in [5, 5.41) is 2.98. The van der Waals surface area contributed by atoms with Gasteiger partial charge in [0.15, 0.2) is 5.96 Å². The van der Waals surface area contributed by atoms with Gasteiger partial charge in [0.2, 0.25) is 0 Å². The molecule has 0 unspecified atom stereocenters. The van der Waals surface area contributed by atoms with Gasteiger partial charge < -0.3 is 25.3 Å². The highest BCUT2D eigenvalue weighted by atomic mass is 16.5. The molecule has 0 amide bonds. The lowest BCUT2D eigenvalue weighted by Gasteiger charge is -2.34. The molecule has 6 nitrogen and oxygen atoms in total. The second-order valence-corrected chi connectivity index (χ2v) is 4.12. The van der Waals surface area contributed by atoms with Crippen LogP contribution in [0.25, 0.3) is 0 Å². The van der Waals surface area contributed by atoms with Gasteiger partial charge in [-0.05, 0) is 0 Å². The lowest BCUT2D eigenvalue weighted by Crippen LogP contribution is -2.43. The number of hydrogen-bond acceptors (Lipinski definition) is 4. The number of methoxy groups -OCH3 is 2. The lowest BCUT2D eigenvalue weighted by atomic mass is 9.94. The molecule has 3 N–H and O–H groups in total. The van der Waals surface area contributed by atoms with Gasteiger partial charge in [-0.15, -0.1) is 0 Å². The summed E-state index contributed by atoms with van der Waals surface area (Å²) in [7, 11) is 3.37. The number of nitrogens with zero attached hydrogens (tertiary/aromatic N) is 1. The third-order valence-electron chi connectivity index (χ3n) is 2.99. The molecular weight excluding hydrogens is 222 g/mol. The average Bonchev–Trinajstić information content (AvgIpc) is 2.38. The van der Waals surface area contributed by atoms with Crippen LogP contribution in [0.4, 0.5) is 0 Å². The van der Waals surface area contributed by atoms with Crippen LogP contribution < -0.4 is 11.1 Å². The summed E-state index contributed by atoms with van der Waals surface area (Å²) in [5.41, 5.74) is 5.53. The molecule has 0 aromatic rings. The molecule has 1 heterocycles. The summed E-state index contributed by atoms with van der Waals surface area (Å²) < 4.78 is 15.8. The topological polar surface area (TPSA) is 78.1 Å². The fourth-order valence-electron chi connectivity index (χ4n) is 1.74. The van der Waals surface area contributed by atoms with E-state index in [1.54, 1.807) is 14.2 Å². The van der Waals surface area contributed by atoms with Crippen molar-refractivity contribution in [2.45, 2.75) is 18.4 Å². The van der Waals surface area contributed by atoms with Crippen LogP contribution >= 0.6 is 0 Å². The molecule has 0 saturated carbocycles. The Morgan fingerprint density at radius 1 is 1.41 bits per heavy atom. The SMILES string of the molecule is COCCNC(N)=NCC1(OC)CCOCC1. The van der Waals surface area contributed by atoms with Gasteiger partial charge in [-0.1, -0.05) is 0 Å². The number of nitrogens with one attached hydrogen (secondary N) is 1. The first-order chi connectivity index (χ1) is 8.22. The van der Waals surface area contributed by atoms with E-state index < -0.39 is 0 Å². The Morgan fingerprint density at radius 3 is 2.71 bits per heavy atom. The number of hydrogen-bond donors (Lipinski definition) is 2. The normalized spacial score (nSPS) is 20.2. The molecule has 1 saturated heterocycles. The molecule has 0 bridgehead atoms. The zero-order chi connectivity index (χ0) is 12.6. The van der Waals surface area contributed by atoms with Crippen LogP contribution in [-0.2, 0) is 14.2 Å². The predicted molar refractivity (Wildman–Crippen MR) is 66.2 cm³/mol. The van der Waals surface area contributed by atoms with E-state index in [-0.39, 0.29) is 5.60 Å². The van der Waals surface area contributed by atoms with Crippen molar-refractivity contribution in [2.24, 2.45) is 10.7 Å². The van der Waals surface area contributed by atoms with Crippen molar-refractivity contribution in [3.8, 4) is 0 Å². The Kier molecular flexibility index (Phi) is 6.25. The number of aliphatic imine (C=N–C) groups is 1. The van der Waals surface area contributed by atoms with Crippen molar-refractivity contribution in [1.82, 2.24) is 5.32 Å². The predicted octanol–water partition coefficient (Wildman–Crippen LogP) is -0.267. The van der Waals surface area contributed by atoms with Crippen LogP contribution in [0.15, 0.2) is 4.99 Å². The van der Waals surface area contributed by atoms with E-state index in [1.807, 2.05) is 0 Å². The molecule has 17 heavy (non-hydrogen) atoms. The summed E-state index contributed by atoms with van der Waals surface area (Å²) in [5.74, 6) is 0.435. The molecule has 0 aromatic carbocycles. The first-order valence-electron chi connectivity index (χ1n) is 5.88. The Morgan fingerprint density at radius 2 is 2.12 bits per heavy atom. The van der Waals surface area contributed by atoms with Gasteiger partial charge in [-0.3, -0.25) is 4.99 Å². The molecule has 0 aromatic heterocycles. The maximum atomic E-state index is 5.74. The third kappa shape index (κ3) is 4.89. The summed E-state index contributed by atoms with van der Waals surface area (Å²) >= 11 is 0. The molecular formula is C11H23N3O3. The van der Waals surface area contributed by atoms with Gasteiger partial charge in [0.05, 0.1) is 18.8 Å². The zero-order valence-electron chi connectivity index (χ0n) is 10.7. The first-order valence-corrected chi connectivity index (χ1v) is 5.88. The number of ether oxygens (including phenoxy) is 3. The minimum absolute atomic E-state index is 0.216. The van der Waals surface area contributed by atoms with E-state index in [2.05, 4.69) is 10.3 Å². The van der Waals surface area contributed by atoms with E-state index >= 15 is 0 Å². The Labute approximate surface area is 103 Å². The number of nitrogens with two attached hydrogens (primary N) is 1. The van der Waals surface area contributed by atoms with Crippen LogP contribution in [0.1, 0.15) is 12.8 Å². The summed E-state index contributed by atoms with van der Waals surface area (Å²) in [6, 6.07) is 0. The molecule has 6 heteroatoms. The fourth-order valence-corrected chi connectivity index (χ4v) is 1.74. The van der Waals surface area contributed by atoms with Gasteiger partial charge in [0.1, 0.15) is 0 Å². The van der Waals surface area contributed by atoms with Gasteiger partial charge in [-0.25, -0.2) is 0 Å². The Balaban J connectivity index is 2.37. The van der Waals surface area contributed by atoms with Crippen molar-refractivity contribution < 1.29 is 14.2 Å². The summed E-state index contributed by atoms with van der Waals surface area (Å²) in [4.78, 5) is 4.31. The highest BCUT2D eigenvalue weighted by Gasteiger charge is 2.32. The maximum Gasteiger partial charge on any atom is 0.188 e. The summed E-state index contributed by atoms with van der Waals surface area (Å²) in [6.45, 7) is 3.29. The van der Waals surface area contributed by atoms with Gasteiger partial charge >= 0.3 is 0 Å². The number of guanidine groups is 1. The van der Waals surface area contributed by atoms with E-state index in [0.717, 1.165) is 26.1 Å². The maximum absolute atomic E-state index is 5.74. The van der Waals surface area contributed by atoms with Crippen LogP contribution in [0.3, 0.4) is 0 Å². The third-order valence-corrected chi connectivity index (χ3v) is 2.99. The standard InChI is InChI=1S/C11H23N3O3/c1-15-8-5-13-10(12)14-9-11(16-2)3-6-17-7-4-11/h3-9H2,1-2H3,(H3,12,13,14). The second-order valence-electron chi connectivity index (χ2n) is 4.12. The van der Waals surface area contributed by atoms with Crippen LogP contribution in [0, 0.1) is 0 Å². The van der Waals surface area contributed by atoms with Crippen LogP contribution in [0.2, 0.25) is 0 Å². The molecule has 0 atom stereocenters. The largest absolute Gasteiger partial charge is 0.383 e. The molecule has 1 rings (SSSR count). The molecule has 0 spiro atoms. The van der Waals surface area contributed by atoms with Crippen LogP contribution in [-0.4, -0.2) is 58.7 Å². The van der Waals surface area contributed by atoms with Gasteiger partial charge in [0, 0.05) is 46.8 Å². The monoisotopic (exact) mass is 245 g/mol. The highest BCUT2D eigenvalue weighted by molar-refractivity contribution is 5.77. The van der Waals surface area contributed by atoms with Crippen molar-refractivity contribution in [2.75, 3.05) is 47.1 Å². The second kappa shape index (κ2) is 7.47. The Hall–Kier alpha value is -0.850. The average molecular weight is 245 g/mol. The van der Waals surface area contributed by atoms with Crippen molar-refractivity contribution in [1.29, 1.82) is 0 Å². The van der Waals surface area contributed by atoms with Gasteiger partial charge in [-0.2, -0.15) is 0 Å². The van der Waals surface area contributed by atoms with E-state index in [9.17, 15) is 0 Å². The van der Waals surface area contributed by atoms with Crippen molar-refractivity contribution in [3.63, 3.8) is 0 Å². The molecule has 0 radical (unpaired) electrons. The zero-order valence-corrected chi connectivity index (χ0v) is 10.7. The molecule has 1 aliphatic rings. The quantitative estimate of drug-likeness (QED) is 0.383. The molecule has 1 fully saturated rings. The highest BCUT2D eigenvalue weighted by Crippen LogP contribution is 2.24. The summed E-state index contributed by atoms with van der Waals surface area (Å²) in [6.07, 6.45) is 1.72. The van der Waals surface area contributed by atoms with E-state index in [1.165, 1.54) is 0 Å². The minimum atomic E-state index is -0.216. The smallest absolute Gasteiger partial charge is 0.188 e.